The average Bonchev–Trinajstić information content (AvgIpc) is 2.46. The van der Waals surface area contributed by atoms with Crippen LogP contribution in [-0.4, -0.2) is 23.5 Å². The van der Waals surface area contributed by atoms with Crippen LogP contribution in [-0.2, 0) is 0 Å². The van der Waals surface area contributed by atoms with Crippen LogP contribution in [0.4, 0.5) is 0 Å². The predicted molar refractivity (Wildman–Crippen MR) is 93.1 cm³/mol. The molecule has 1 aliphatic rings. The molecule has 0 spiro atoms. The van der Waals surface area contributed by atoms with Gasteiger partial charge in [0.2, 0.25) is 0 Å². The van der Waals surface area contributed by atoms with Crippen molar-refractivity contribution in [2.24, 2.45) is 0 Å². The van der Waals surface area contributed by atoms with Crippen molar-refractivity contribution in [2.75, 3.05) is 12.8 Å². The van der Waals surface area contributed by atoms with Crippen LogP contribution >= 0.6 is 40.3 Å². The lowest BCUT2D eigenvalue weighted by Crippen LogP contribution is -2.41. The highest BCUT2D eigenvalue weighted by atomic mass is 79.9. The summed E-state index contributed by atoms with van der Waals surface area (Å²) >= 11 is 9.65. The summed E-state index contributed by atoms with van der Waals surface area (Å²) in [5.74, 6) is -0.0264. The van der Waals surface area contributed by atoms with E-state index in [-0.39, 0.29) is 10.7 Å². The number of thiol groups is 1. The molecule has 1 amide bonds. The molecule has 0 bridgehead atoms. The molecule has 1 fully saturated rings. The summed E-state index contributed by atoms with van der Waals surface area (Å²) in [7, 11) is 0. The van der Waals surface area contributed by atoms with Crippen LogP contribution in [0.5, 0.6) is 0 Å². The van der Waals surface area contributed by atoms with Crippen molar-refractivity contribution in [3.63, 3.8) is 0 Å². The van der Waals surface area contributed by atoms with Gasteiger partial charge in [-0.1, -0.05) is 35.2 Å². The van der Waals surface area contributed by atoms with Gasteiger partial charge in [0.15, 0.2) is 0 Å². The van der Waals surface area contributed by atoms with E-state index in [0.717, 1.165) is 11.0 Å². The minimum absolute atomic E-state index is 0.0264. The van der Waals surface area contributed by atoms with Gasteiger partial charge in [-0.15, -0.1) is 12.6 Å². The fraction of sp³-hybridized carbons (Fsp3) is 0.533. The minimum Gasteiger partial charge on any atom is -0.351 e. The monoisotopic (exact) mass is 373 g/mol. The Kier molecular flexibility index (Phi) is 5.87. The molecule has 5 heteroatoms. The van der Waals surface area contributed by atoms with Gasteiger partial charge in [0.1, 0.15) is 0 Å². The van der Waals surface area contributed by atoms with Crippen LogP contribution in [0.2, 0.25) is 0 Å². The number of benzene rings is 1. The zero-order valence-corrected chi connectivity index (χ0v) is 14.9. The topological polar surface area (TPSA) is 29.1 Å². The average molecular weight is 374 g/mol. The van der Waals surface area contributed by atoms with Crippen molar-refractivity contribution in [2.45, 2.75) is 41.7 Å². The maximum atomic E-state index is 12.3. The van der Waals surface area contributed by atoms with Gasteiger partial charge < -0.3 is 5.32 Å². The van der Waals surface area contributed by atoms with E-state index in [1.807, 2.05) is 30.0 Å². The SMILES string of the molecule is CSC1(CNC(=O)c2ccc(Br)cc2S)CCCCC1. The predicted octanol–water partition coefficient (Wildman–Crippen LogP) is 4.53. The number of halogens is 1. The first-order chi connectivity index (χ1) is 9.56. The summed E-state index contributed by atoms with van der Waals surface area (Å²) in [4.78, 5) is 13.0. The smallest absolute Gasteiger partial charge is 0.252 e. The molecule has 1 aromatic carbocycles. The molecule has 0 saturated heterocycles. The molecule has 110 valence electrons. The van der Waals surface area contributed by atoms with Crippen LogP contribution in [0.1, 0.15) is 42.5 Å². The Bertz CT molecular complexity index is 487. The summed E-state index contributed by atoms with van der Waals surface area (Å²) < 4.78 is 1.16. The maximum absolute atomic E-state index is 12.3. The third kappa shape index (κ3) is 3.95. The van der Waals surface area contributed by atoms with E-state index in [1.54, 1.807) is 0 Å². The number of carbonyl (C=O) groups is 1. The molecule has 0 heterocycles. The van der Waals surface area contributed by atoms with E-state index in [0.29, 0.717) is 10.5 Å². The molecule has 0 unspecified atom stereocenters. The molecule has 1 N–H and O–H groups in total. The number of rotatable bonds is 4. The van der Waals surface area contributed by atoms with Gasteiger partial charge in [0, 0.05) is 20.7 Å². The molecule has 2 rings (SSSR count). The Labute approximate surface area is 139 Å². The molecule has 1 saturated carbocycles. The van der Waals surface area contributed by atoms with E-state index in [1.165, 1.54) is 32.1 Å². The molecule has 2 nitrogen and oxygen atoms in total. The van der Waals surface area contributed by atoms with Gasteiger partial charge in [-0.2, -0.15) is 11.8 Å². The molecule has 0 aromatic heterocycles. The molecule has 1 aromatic rings. The standard InChI is InChI=1S/C15H20BrNOS2/c1-20-15(7-3-2-4-8-15)10-17-14(18)12-6-5-11(16)9-13(12)19/h5-6,9,19H,2-4,7-8,10H2,1H3,(H,17,18). The number of thioether (sulfide) groups is 1. The van der Waals surface area contributed by atoms with Crippen molar-refractivity contribution < 1.29 is 4.79 Å². The third-order valence-electron chi connectivity index (χ3n) is 3.97. The largest absolute Gasteiger partial charge is 0.351 e. The highest BCUT2D eigenvalue weighted by Gasteiger charge is 2.31. The number of hydrogen-bond acceptors (Lipinski definition) is 3. The van der Waals surface area contributed by atoms with Gasteiger partial charge in [-0.05, 0) is 37.3 Å². The Morgan fingerprint density at radius 1 is 1.40 bits per heavy atom. The van der Waals surface area contributed by atoms with E-state index in [2.05, 4.69) is 40.1 Å². The first-order valence-electron chi connectivity index (χ1n) is 6.88. The van der Waals surface area contributed by atoms with Crippen molar-refractivity contribution >= 4 is 46.2 Å². The molecule has 1 aliphatic carbocycles. The van der Waals surface area contributed by atoms with Crippen LogP contribution in [0.15, 0.2) is 27.6 Å². The second kappa shape index (κ2) is 7.23. The van der Waals surface area contributed by atoms with Gasteiger partial charge in [0.05, 0.1) is 5.56 Å². The first kappa shape index (κ1) is 16.2. The van der Waals surface area contributed by atoms with Crippen LogP contribution in [0.25, 0.3) is 0 Å². The van der Waals surface area contributed by atoms with E-state index < -0.39 is 0 Å². The molecular weight excluding hydrogens is 354 g/mol. The fourth-order valence-electron chi connectivity index (χ4n) is 2.68. The summed E-state index contributed by atoms with van der Waals surface area (Å²) in [5, 5.41) is 3.10. The van der Waals surface area contributed by atoms with Gasteiger partial charge in [-0.3, -0.25) is 4.79 Å². The Hall–Kier alpha value is -0.130. The number of carbonyl (C=O) groups excluding carboxylic acids is 1. The van der Waals surface area contributed by atoms with Crippen molar-refractivity contribution in [1.29, 1.82) is 0 Å². The quantitative estimate of drug-likeness (QED) is 0.758. The van der Waals surface area contributed by atoms with Gasteiger partial charge in [-0.25, -0.2) is 0 Å². The van der Waals surface area contributed by atoms with E-state index in [4.69, 9.17) is 0 Å². The molecular formula is C15H20BrNOS2. The lowest BCUT2D eigenvalue weighted by molar-refractivity contribution is 0.0944. The first-order valence-corrected chi connectivity index (χ1v) is 9.35. The zero-order chi connectivity index (χ0) is 14.6. The van der Waals surface area contributed by atoms with Crippen molar-refractivity contribution in [1.82, 2.24) is 5.32 Å². The van der Waals surface area contributed by atoms with E-state index >= 15 is 0 Å². The number of nitrogens with one attached hydrogen (secondary N) is 1. The number of hydrogen-bond donors (Lipinski definition) is 2. The lowest BCUT2D eigenvalue weighted by atomic mass is 9.88. The van der Waals surface area contributed by atoms with Crippen molar-refractivity contribution in [3.8, 4) is 0 Å². The van der Waals surface area contributed by atoms with E-state index in [9.17, 15) is 4.79 Å². The number of amides is 1. The fourth-order valence-corrected chi connectivity index (χ4v) is 4.45. The summed E-state index contributed by atoms with van der Waals surface area (Å²) in [6, 6.07) is 5.54. The summed E-state index contributed by atoms with van der Waals surface area (Å²) in [5.41, 5.74) is 0.642. The maximum Gasteiger partial charge on any atom is 0.252 e. The molecule has 0 atom stereocenters. The van der Waals surface area contributed by atoms with Crippen molar-refractivity contribution in [3.05, 3.63) is 28.2 Å². The molecule has 0 radical (unpaired) electrons. The minimum atomic E-state index is -0.0264. The Balaban J connectivity index is 2.00. The normalized spacial score (nSPS) is 17.8. The Morgan fingerprint density at radius 2 is 2.10 bits per heavy atom. The zero-order valence-electron chi connectivity index (χ0n) is 11.6. The molecule has 0 aliphatic heterocycles. The molecule has 20 heavy (non-hydrogen) atoms. The summed E-state index contributed by atoms with van der Waals surface area (Å²) in [6.07, 6.45) is 8.41. The third-order valence-corrected chi connectivity index (χ3v) is 6.26. The van der Waals surface area contributed by atoms with Crippen LogP contribution in [0.3, 0.4) is 0 Å². The lowest BCUT2D eigenvalue weighted by Gasteiger charge is -2.35. The second-order valence-corrected chi connectivity index (χ2v) is 7.96. The van der Waals surface area contributed by atoms with Crippen LogP contribution in [0, 0.1) is 0 Å². The summed E-state index contributed by atoms with van der Waals surface area (Å²) in [6.45, 7) is 0.746. The van der Waals surface area contributed by atoms with Gasteiger partial charge in [0.25, 0.3) is 5.91 Å². The highest BCUT2D eigenvalue weighted by Crippen LogP contribution is 2.38. The van der Waals surface area contributed by atoms with Gasteiger partial charge >= 0.3 is 0 Å². The highest BCUT2D eigenvalue weighted by molar-refractivity contribution is 9.10. The Morgan fingerprint density at radius 3 is 2.70 bits per heavy atom. The second-order valence-electron chi connectivity index (χ2n) is 5.29. The van der Waals surface area contributed by atoms with Crippen LogP contribution < -0.4 is 5.32 Å².